The Hall–Kier alpha value is -1.77. The second-order valence-corrected chi connectivity index (χ2v) is 4.39. The van der Waals surface area contributed by atoms with Crippen LogP contribution >= 0.6 is 0 Å². The molecule has 0 bridgehead atoms. The van der Waals surface area contributed by atoms with E-state index < -0.39 is 5.97 Å². The highest BCUT2D eigenvalue weighted by atomic mass is 16.4. The monoisotopic (exact) mass is 215 g/mol. The van der Waals surface area contributed by atoms with E-state index in [2.05, 4.69) is 29.2 Å². The number of hydrogen-bond donors (Lipinski definition) is 1. The third kappa shape index (κ3) is 1.32. The van der Waals surface area contributed by atoms with E-state index in [1.165, 1.54) is 11.3 Å². The van der Waals surface area contributed by atoms with Crippen LogP contribution in [0.4, 0.5) is 0 Å². The topological polar surface area (TPSA) is 40.5 Å². The molecule has 0 saturated heterocycles. The molecule has 0 spiro atoms. The van der Waals surface area contributed by atoms with Crippen LogP contribution in [-0.2, 0) is 4.79 Å². The fourth-order valence-corrected chi connectivity index (χ4v) is 2.68. The number of carbonyl (C=O) groups is 1. The summed E-state index contributed by atoms with van der Waals surface area (Å²) in [5, 5.41) is 9.08. The Balaban J connectivity index is 2.06. The van der Waals surface area contributed by atoms with Crippen molar-refractivity contribution in [1.29, 1.82) is 0 Å². The lowest BCUT2D eigenvalue weighted by Crippen LogP contribution is -2.33. The van der Waals surface area contributed by atoms with E-state index in [1.807, 2.05) is 0 Å². The van der Waals surface area contributed by atoms with Crippen LogP contribution in [0, 0.1) is 5.92 Å². The van der Waals surface area contributed by atoms with Crippen LogP contribution in [0.1, 0.15) is 12.8 Å². The number of carboxylic acid groups (broad SMARTS) is 1. The normalized spacial score (nSPS) is 26.6. The van der Waals surface area contributed by atoms with Crippen molar-refractivity contribution in [1.82, 2.24) is 4.90 Å². The second-order valence-electron chi connectivity index (χ2n) is 4.39. The van der Waals surface area contributed by atoms with E-state index in [0.717, 1.165) is 13.0 Å². The molecular weight excluding hydrogens is 202 g/mol. The molecule has 3 aliphatic rings. The Kier molecular flexibility index (Phi) is 1.99. The summed E-state index contributed by atoms with van der Waals surface area (Å²) in [5.74, 6) is -0.439. The van der Waals surface area contributed by atoms with Crippen LogP contribution < -0.4 is 0 Å². The number of aliphatic carboxylic acids is 1. The maximum atomic E-state index is 11.0. The molecule has 1 N–H and O–H groups in total. The molecule has 3 rings (SSSR count). The molecule has 3 nitrogen and oxygen atoms in total. The molecule has 0 aromatic heterocycles. The maximum Gasteiger partial charge on any atom is 0.333 e. The van der Waals surface area contributed by atoms with Crippen molar-refractivity contribution < 1.29 is 9.90 Å². The molecule has 3 heteroatoms. The Labute approximate surface area is 94.1 Å². The van der Waals surface area contributed by atoms with Gasteiger partial charge in [-0.15, -0.1) is 0 Å². The minimum Gasteiger partial charge on any atom is -0.478 e. The van der Waals surface area contributed by atoms with Gasteiger partial charge in [-0.25, -0.2) is 4.79 Å². The predicted octanol–water partition coefficient (Wildman–Crippen LogP) is 2.06. The lowest BCUT2D eigenvalue weighted by molar-refractivity contribution is -0.133. The lowest BCUT2D eigenvalue weighted by atomic mass is 9.82. The van der Waals surface area contributed by atoms with Gasteiger partial charge in [-0.3, -0.25) is 0 Å². The second kappa shape index (κ2) is 3.37. The molecule has 1 unspecified atom stereocenters. The average Bonchev–Trinajstić information content (AvgIpc) is 2.29. The fourth-order valence-electron chi connectivity index (χ4n) is 2.68. The van der Waals surface area contributed by atoms with Crippen molar-refractivity contribution in [3.63, 3.8) is 0 Å². The van der Waals surface area contributed by atoms with Gasteiger partial charge in [-0.05, 0) is 18.4 Å². The Morgan fingerprint density at radius 2 is 2.19 bits per heavy atom. The first kappa shape index (κ1) is 9.46. The summed E-state index contributed by atoms with van der Waals surface area (Å²) in [7, 11) is 0. The van der Waals surface area contributed by atoms with Crippen molar-refractivity contribution >= 4 is 5.97 Å². The van der Waals surface area contributed by atoms with Gasteiger partial charge in [0.25, 0.3) is 0 Å². The zero-order valence-corrected chi connectivity index (χ0v) is 8.89. The Bertz CT molecular complexity index is 464. The summed E-state index contributed by atoms with van der Waals surface area (Å²) in [6.45, 7) is 0.792. The molecule has 0 aromatic rings. The Morgan fingerprint density at radius 3 is 3.00 bits per heavy atom. The fraction of sp³-hybridized carbons (Fsp3) is 0.308. The van der Waals surface area contributed by atoms with Gasteiger partial charge in [0, 0.05) is 24.4 Å². The molecule has 0 amide bonds. The van der Waals surface area contributed by atoms with Gasteiger partial charge >= 0.3 is 5.97 Å². The molecule has 0 radical (unpaired) electrons. The minimum atomic E-state index is -0.787. The quantitative estimate of drug-likeness (QED) is 0.727. The van der Waals surface area contributed by atoms with E-state index >= 15 is 0 Å². The van der Waals surface area contributed by atoms with Crippen LogP contribution in [0.5, 0.6) is 0 Å². The third-order valence-electron chi connectivity index (χ3n) is 3.36. The molecule has 2 aliphatic heterocycles. The molecule has 1 aliphatic carbocycles. The number of carboxylic acids is 1. The minimum absolute atomic E-state index is 0.348. The van der Waals surface area contributed by atoms with E-state index in [1.54, 1.807) is 6.20 Å². The number of nitrogens with zero attached hydrogens (tertiary/aromatic N) is 1. The number of rotatable bonds is 1. The average molecular weight is 215 g/mol. The van der Waals surface area contributed by atoms with Crippen LogP contribution in [0.2, 0.25) is 0 Å². The van der Waals surface area contributed by atoms with Gasteiger partial charge in [0.1, 0.15) is 0 Å². The first-order chi connectivity index (χ1) is 7.75. The summed E-state index contributed by atoms with van der Waals surface area (Å²) in [5.41, 5.74) is 3.07. The summed E-state index contributed by atoms with van der Waals surface area (Å²) in [4.78, 5) is 13.1. The molecular formula is C13H13NO2. The highest BCUT2D eigenvalue weighted by molar-refractivity contribution is 5.87. The summed E-state index contributed by atoms with van der Waals surface area (Å²) in [6.07, 6.45) is 11.9. The zero-order valence-electron chi connectivity index (χ0n) is 8.89. The highest BCUT2D eigenvalue weighted by Crippen LogP contribution is 2.39. The van der Waals surface area contributed by atoms with Gasteiger partial charge in [-0.1, -0.05) is 24.3 Å². The van der Waals surface area contributed by atoms with Crippen molar-refractivity contribution in [3.8, 4) is 0 Å². The van der Waals surface area contributed by atoms with E-state index in [-0.39, 0.29) is 0 Å². The smallest absolute Gasteiger partial charge is 0.333 e. The predicted molar refractivity (Wildman–Crippen MR) is 60.5 cm³/mol. The molecule has 0 saturated carbocycles. The zero-order chi connectivity index (χ0) is 11.1. The summed E-state index contributed by atoms with van der Waals surface area (Å²) >= 11 is 0. The van der Waals surface area contributed by atoms with Gasteiger partial charge < -0.3 is 10.0 Å². The van der Waals surface area contributed by atoms with E-state index in [4.69, 9.17) is 5.11 Å². The number of allylic oxidation sites excluding steroid dienone is 5. The molecule has 16 heavy (non-hydrogen) atoms. The molecule has 0 fully saturated rings. The van der Waals surface area contributed by atoms with Gasteiger partial charge in [0.05, 0.1) is 5.57 Å². The van der Waals surface area contributed by atoms with Gasteiger partial charge in [0.2, 0.25) is 0 Å². The van der Waals surface area contributed by atoms with Gasteiger partial charge in [-0.2, -0.15) is 0 Å². The molecule has 82 valence electrons. The largest absolute Gasteiger partial charge is 0.478 e. The van der Waals surface area contributed by atoms with Crippen LogP contribution in [0.15, 0.2) is 47.3 Å². The maximum absolute atomic E-state index is 11.0. The SMILES string of the molecule is O=C(O)C1=CN2CC=CC3=C2C(CC=C3)C1. The van der Waals surface area contributed by atoms with Crippen LogP contribution in [-0.4, -0.2) is 22.5 Å². The summed E-state index contributed by atoms with van der Waals surface area (Å²) in [6, 6.07) is 0. The van der Waals surface area contributed by atoms with Crippen LogP contribution in [0.25, 0.3) is 0 Å². The molecule has 0 aromatic carbocycles. The summed E-state index contributed by atoms with van der Waals surface area (Å²) < 4.78 is 0. The van der Waals surface area contributed by atoms with Crippen molar-refractivity contribution in [3.05, 3.63) is 47.3 Å². The van der Waals surface area contributed by atoms with E-state index in [9.17, 15) is 4.79 Å². The van der Waals surface area contributed by atoms with E-state index in [0.29, 0.717) is 17.9 Å². The first-order valence-electron chi connectivity index (χ1n) is 5.53. The standard InChI is InChI=1S/C13H13NO2/c15-13(16)11-7-10-4-1-3-9-5-2-6-14(8-11)12(9)10/h1-3,5,8,10H,4,6-7H2,(H,15,16). The van der Waals surface area contributed by atoms with Gasteiger partial charge in [0.15, 0.2) is 0 Å². The molecule has 2 heterocycles. The van der Waals surface area contributed by atoms with Crippen molar-refractivity contribution in [2.45, 2.75) is 12.8 Å². The molecule has 1 atom stereocenters. The number of hydrogen-bond acceptors (Lipinski definition) is 2. The first-order valence-corrected chi connectivity index (χ1v) is 5.53. The lowest BCUT2D eigenvalue weighted by Gasteiger charge is -2.38. The van der Waals surface area contributed by atoms with Crippen molar-refractivity contribution in [2.75, 3.05) is 6.54 Å². The van der Waals surface area contributed by atoms with Crippen molar-refractivity contribution in [2.24, 2.45) is 5.92 Å². The Morgan fingerprint density at radius 1 is 1.38 bits per heavy atom. The van der Waals surface area contributed by atoms with Crippen LogP contribution in [0.3, 0.4) is 0 Å². The highest BCUT2D eigenvalue weighted by Gasteiger charge is 2.31. The third-order valence-corrected chi connectivity index (χ3v) is 3.36.